The molecule has 2 unspecified atom stereocenters. The number of aromatic nitrogens is 3. The van der Waals surface area contributed by atoms with Crippen LogP contribution < -0.4 is 0 Å². The van der Waals surface area contributed by atoms with Crippen LogP contribution in [0.2, 0.25) is 0 Å². The van der Waals surface area contributed by atoms with Gasteiger partial charge in [0.2, 0.25) is 5.89 Å². The van der Waals surface area contributed by atoms with Crippen LogP contribution in [0.25, 0.3) is 0 Å². The van der Waals surface area contributed by atoms with E-state index in [1.54, 1.807) is 12.4 Å². The number of aliphatic hydroxyl groups is 1. The normalized spacial score (nSPS) is 26.3. The molecule has 0 amide bonds. The number of rotatable bonds is 4. The minimum absolute atomic E-state index is 0.00756. The lowest BCUT2D eigenvalue weighted by atomic mass is 10.2. The first-order valence-corrected chi connectivity index (χ1v) is 7.44. The summed E-state index contributed by atoms with van der Waals surface area (Å²) in [6, 6.07) is 3.99. The van der Waals surface area contributed by atoms with Crippen molar-refractivity contribution in [2.45, 2.75) is 43.9 Å². The van der Waals surface area contributed by atoms with Gasteiger partial charge in [-0.3, -0.25) is 9.88 Å². The van der Waals surface area contributed by atoms with Crippen molar-refractivity contribution in [3.05, 3.63) is 41.8 Å². The molecule has 2 aliphatic rings. The first-order chi connectivity index (χ1) is 10.3. The van der Waals surface area contributed by atoms with E-state index in [-0.39, 0.29) is 12.1 Å². The number of likely N-dealkylation sites (tertiary alicyclic amines) is 1. The molecule has 2 fully saturated rings. The number of nitrogens with zero attached hydrogens (tertiary/aromatic N) is 4. The third-order valence-corrected chi connectivity index (χ3v) is 4.20. The van der Waals surface area contributed by atoms with E-state index in [1.165, 1.54) is 5.56 Å². The van der Waals surface area contributed by atoms with Crippen molar-refractivity contribution >= 4 is 0 Å². The van der Waals surface area contributed by atoms with E-state index in [1.807, 2.05) is 12.1 Å². The summed E-state index contributed by atoms with van der Waals surface area (Å²) >= 11 is 0. The lowest BCUT2D eigenvalue weighted by Crippen LogP contribution is -2.24. The lowest BCUT2D eigenvalue weighted by Gasteiger charge is -2.20. The van der Waals surface area contributed by atoms with Crippen LogP contribution in [-0.4, -0.2) is 37.8 Å². The second-order valence-electron chi connectivity index (χ2n) is 5.96. The molecule has 2 atom stereocenters. The van der Waals surface area contributed by atoms with E-state index in [4.69, 9.17) is 4.52 Å². The largest absolute Gasteiger partial charge is 0.392 e. The summed E-state index contributed by atoms with van der Waals surface area (Å²) in [5.41, 5.74) is 1.17. The molecule has 110 valence electrons. The summed E-state index contributed by atoms with van der Waals surface area (Å²) in [7, 11) is 0. The maximum absolute atomic E-state index is 9.99. The minimum Gasteiger partial charge on any atom is -0.392 e. The molecule has 1 saturated heterocycles. The van der Waals surface area contributed by atoms with E-state index < -0.39 is 0 Å². The SMILES string of the molecule is OC1CC(c2nc(C3CC3)no2)N(Cc2ccncc2)C1. The van der Waals surface area contributed by atoms with E-state index in [2.05, 4.69) is 20.0 Å². The molecule has 1 aliphatic carbocycles. The van der Waals surface area contributed by atoms with Gasteiger partial charge in [-0.15, -0.1) is 0 Å². The van der Waals surface area contributed by atoms with Gasteiger partial charge in [-0.1, -0.05) is 5.16 Å². The van der Waals surface area contributed by atoms with Gasteiger partial charge >= 0.3 is 0 Å². The molecule has 0 aromatic carbocycles. The molecule has 1 N–H and O–H groups in total. The highest BCUT2D eigenvalue weighted by atomic mass is 16.5. The summed E-state index contributed by atoms with van der Waals surface area (Å²) in [6.45, 7) is 1.39. The van der Waals surface area contributed by atoms with Gasteiger partial charge in [-0.25, -0.2) is 0 Å². The number of β-amino-alcohol motifs (C(OH)–C–C–N with tert-alkyl or cyclic N) is 1. The molecule has 2 aromatic heterocycles. The summed E-state index contributed by atoms with van der Waals surface area (Å²) < 4.78 is 5.44. The summed E-state index contributed by atoms with van der Waals surface area (Å²) in [6.07, 6.45) is 6.20. The molecular formula is C15H18N4O2. The average molecular weight is 286 g/mol. The highest BCUT2D eigenvalue weighted by Gasteiger charge is 2.37. The van der Waals surface area contributed by atoms with Crippen molar-refractivity contribution < 1.29 is 9.63 Å². The maximum atomic E-state index is 9.99. The fourth-order valence-electron chi connectivity index (χ4n) is 2.92. The monoisotopic (exact) mass is 286 g/mol. The predicted molar refractivity (Wildman–Crippen MR) is 74.3 cm³/mol. The topological polar surface area (TPSA) is 75.3 Å². The maximum Gasteiger partial charge on any atom is 0.244 e. The third-order valence-electron chi connectivity index (χ3n) is 4.20. The van der Waals surface area contributed by atoms with Crippen LogP contribution in [-0.2, 0) is 6.54 Å². The Hall–Kier alpha value is -1.79. The molecule has 1 aliphatic heterocycles. The number of hydrogen-bond donors (Lipinski definition) is 1. The van der Waals surface area contributed by atoms with Gasteiger partial charge in [-0.05, 0) is 37.0 Å². The zero-order valence-corrected chi connectivity index (χ0v) is 11.7. The van der Waals surface area contributed by atoms with Crippen molar-refractivity contribution in [1.29, 1.82) is 0 Å². The second-order valence-corrected chi connectivity index (χ2v) is 5.96. The molecule has 0 radical (unpaired) electrons. The summed E-state index contributed by atoms with van der Waals surface area (Å²) in [5.74, 6) is 1.96. The van der Waals surface area contributed by atoms with Crippen molar-refractivity contribution in [2.24, 2.45) is 0 Å². The number of hydrogen-bond acceptors (Lipinski definition) is 6. The van der Waals surface area contributed by atoms with E-state index >= 15 is 0 Å². The van der Waals surface area contributed by atoms with Crippen molar-refractivity contribution in [3.63, 3.8) is 0 Å². The Morgan fingerprint density at radius 1 is 1.29 bits per heavy atom. The van der Waals surface area contributed by atoms with Crippen LogP contribution in [0.4, 0.5) is 0 Å². The van der Waals surface area contributed by atoms with Gasteiger partial charge < -0.3 is 9.63 Å². The second kappa shape index (κ2) is 5.20. The summed E-state index contributed by atoms with van der Waals surface area (Å²) in [5, 5.41) is 14.1. The minimum atomic E-state index is -0.340. The van der Waals surface area contributed by atoms with E-state index in [0.29, 0.717) is 24.8 Å². The molecular weight excluding hydrogens is 268 g/mol. The predicted octanol–water partition coefficient (Wildman–Crippen LogP) is 1.65. The molecule has 6 heteroatoms. The molecule has 21 heavy (non-hydrogen) atoms. The van der Waals surface area contributed by atoms with E-state index in [9.17, 15) is 5.11 Å². The Bertz CT molecular complexity index is 611. The Morgan fingerprint density at radius 2 is 2.10 bits per heavy atom. The van der Waals surface area contributed by atoms with Crippen LogP contribution in [0.5, 0.6) is 0 Å². The Kier molecular flexibility index (Phi) is 3.20. The smallest absolute Gasteiger partial charge is 0.244 e. The fourth-order valence-corrected chi connectivity index (χ4v) is 2.92. The van der Waals surface area contributed by atoms with Gasteiger partial charge in [0, 0.05) is 31.4 Å². The zero-order chi connectivity index (χ0) is 14.2. The van der Waals surface area contributed by atoms with Crippen LogP contribution in [0.15, 0.2) is 29.0 Å². The Balaban J connectivity index is 1.53. The zero-order valence-electron chi connectivity index (χ0n) is 11.7. The fraction of sp³-hybridized carbons (Fsp3) is 0.533. The van der Waals surface area contributed by atoms with Gasteiger partial charge in [-0.2, -0.15) is 4.98 Å². The van der Waals surface area contributed by atoms with Gasteiger partial charge in [0.15, 0.2) is 5.82 Å². The van der Waals surface area contributed by atoms with Gasteiger partial charge in [0.05, 0.1) is 12.1 Å². The standard InChI is InChI=1S/C15H18N4O2/c20-12-7-13(15-17-14(18-21-15)11-1-2-11)19(9-12)8-10-3-5-16-6-4-10/h3-6,11-13,20H,1-2,7-9H2. The first kappa shape index (κ1) is 12.9. The third kappa shape index (κ3) is 2.69. The molecule has 3 heterocycles. The molecule has 2 aromatic rings. The molecule has 6 nitrogen and oxygen atoms in total. The quantitative estimate of drug-likeness (QED) is 0.921. The Morgan fingerprint density at radius 3 is 2.86 bits per heavy atom. The average Bonchev–Trinajstić information content (AvgIpc) is 3.11. The molecule has 0 spiro atoms. The van der Waals surface area contributed by atoms with Crippen molar-refractivity contribution in [3.8, 4) is 0 Å². The lowest BCUT2D eigenvalue weighted by molar-refractivity contribution is 0.169. The highest BCUT2D eigenvalue weighted by Crippen LogP contribution is 2.40. The Labute approximate surface area is 122 Å². The number of pyridine rings is 1. The number of aliphatic hydroxyl groups excluding tert-OH is 1. The molecule has 1 saturated carbocycles. The first-order valence-electron chi connectivity index (χ1n) is 7.44. The highest BCUT2D eigenvalue weighted by molar-refractivity contribution is 5.12. The molecule has 4 rings (SSSR count). The van der Waals surface area contributed by atoms with Gasteiger partial charge in [0.1, 0.15) is 0 Å². The van der Waals surface area contributed by atoms with Crippen molar-refractivity contribution in [1.82, 2.24) is 20.0 Å². The van der Waals surface area contributed by atoms with Crippen LogP contribution in [0, 0.1) is 0 Å². The molecule has 0 bridgehead atoms. The van der Waals surface area contributed by atoms with Crippen LogP contribution in [0.1, 0.15) is 48.5 Å². The van der Waals surface area contributed by atoms with Crippen LogP contribution in [0.3, 0.4) is 0 Å². The van der Waals surface area contributed by atoms with Crippen molar-refractivity contribution in [2.75, 3.05) is 6.54 Å². The summed E-state index contributed by atoms with van der Waals surface area (Å²) in [4.78, 5) is 10.8. The van der Waals surface area contributed by atoms with Crippen LogP contribution >= 0.6 is 0 Å². The van der Waals surface area contributed by atoms with Gasteiger partial charge in [0.25, 0.3) is 0 Å². The van der Waals surface area contributed by atoms with E-state index in [0.717, 1.165) is 25.2 Å².